The molecule has 1 aliphatic rings. The molecule has 0 saturated heterocycles. The highest BCUT2D eigenvalue weighted by Gasteiger charge is 2.11. The zero-order chi connectivity index (χ0) is 14.1. The molecule has 100 valence electrons. The summed E-state index contributed by atoms with van der Waals surface area (Å²) >= 11 is 0. The summed E-state index contributed by atoms with van der Waals surface area (Å²) in [5.74, 6) is 0. The Balaban J connectivity index is 0.000000415. The minimum Gasteiger partial charge on any atom is -0.0865 e. The molecule has 1 aromatic carbocycles. The van der Waals surface area contributed by atoms with Gasteiger partial charge in [-0.25, -0.2) is 0 Å². The van der Waals surface area contributed by atoms with Gasteiger partial charge in [0.15, 0.2) is 0 Å². The number of rotatable bonds is 1. The van der Waals surface area contributed by atoms with Crippen LogP contribution in [0.5, 0.6) is 0 Å². The van der Waals surface area contributed by atoms with Crippen molar-refractivity contribution in [1.29, 1.82) is 0 Å². The van der Waals surface area contributed by atoms with Crippen LogP contribution in [0.15, 0.2) is 24.3 Å². The molecule has 1 aromatic rings. The summed E-state index contributed by atoms with van der Waals surface area (Å²) < 4.78 is 0. The van der Waals surface area contributed by atoms with E-state index in [-0.39, 0.29) is 0 Å². The molecule has 2 rings (SSSR count). The van der Waals surface area contributed by atoms with E-state index in [1.165, 1.54) is 22.3 Å². The maximum atomic E-state index is 2.35. The van der Waals surface area contributed by atoms with Crippen molar-refractivity contribution in [3.8, 4) is 0 Å². The fourth-order valence-corrected chi connectivity index (χ4v) is 1.88. The minimum absolute atomic E-state index is 0.833. The van der Waals surface area contributed by atoms with E-state index >= 15 is 0 Å². The lowest BCUT2D eigenvalue weighted by atomic mass is 9.58. The molecule has 0 amide bonds. The van der Waals surface area contributed by atoms with Crippen molar-refractivity contribution in [3.63, 3.8) is 0 Å². The van der Waals surface area contributed by atoms with E-state index in [2.05, 4.69) is 58.6 Å². The molecule has 0 N–H and O–H groups in total. The third-order valence-corrected chi connectivity index (χ3v) is 2.56. The smallest absolute Gasteiger partial charge is 0.0865 e. The van der Waals surface area contributed by atoms with Gasteiger partial charge in [0.1, 0.15) is 6.71 Å². The molecule has 0 nitrogen and oxygen atoms in total. The summed E-state index contributed by atoms with van der Waals surface area (Å²) in [5, 5.41) is 0. The van der Waals surface area contributed by atoms with Crippen molar-refractivity contribution in [2.75, 3.05) is 0 Å². The second kappa shape index (κ2) is 9.02. The van der Waals surface area contributed by atoms with Crippen LogP contribution in [0.4, 0.5) is 0 Å². The van der Waals surface area contributed by atoms with E-state index in [4.69, 9.17) is 0 Å². The molecule has 1 aliphatic carbocycles. The lowest BCUT2D eigenvalue weighted by Crippen LogP contribution is -1.84. The second-order valence-corrected chi connectivity index (χ2v) is 5.18. The molecule has 0 unspecified atom stereocenters. The van der Waals surface area contributed by atoms with Crippen molar-refractivity contribution < 1.29 is 0 Å². The Labute approximate surface area is 115 Å². The van der Waals surface area contributed by atoms with E-state index in [0.29, 0.717) is 0 Å². The number of allylic oxidation sites excluding steroid dienone is 2. The van der Waals surface area contributed by atoms with Crippen LogP contribution in [0.2, 0.25) is 20.5 Å². The lowest BCUT2D eigenvalue weighted by Gasteiger charge is -2.03. The number of hydrogen-bond donors (Lipinski definition) is 0. The molecular weight excluding hydrogens is 215 g/mol. The Morgan fingerprint density at radius 1 is 1.11 bits per heavy atom. The van der Waals surface area contributed by atoms with E-state index in [0.717, 1.165) is 19.6 Å². The third-order valence-electron chi connectivity index (χ3n) is 2.56. The number of hydrogen-bond acceptors (Lipinski definition) is 0. The maximum Gasteiger partial charge on any atom is 0.130 e. The van der Waals surface area contributed by atoms with Gasteiger partial charge in [0, 0.05) is 0 Å². The van der Waals surface area contributed by atoms with Gasteiger partial charge in [-0.3, -0.25) is 0 Å². The number of aryl methyl sites for hydroxylation is 1. The lowest BCUT2D eigenvalue weighted by molar-refractivity contribution is 1.24. The predicted molar refractivity (Wildman–Crippen MR) is 87.8 cm³/mol. The Morgan fingerprint density at radius 3 is 2.17 bits per heavy atom. The Kier molecular flexibility index (Phi) is 8.53. The molecule has 0 saturated carbocycles. The standard InChI is InChI=1S/C12H14.C3H9B.C2H6/c1-3-10-5-6-11-8-9(2)4-7-12(10)11;1-4(2)3;1-2/h4-5,7-8H,3,6H2,1-2H3;1-3H3;1-2H3. The fourth-order valence-electron chi connectivity index (χ4n) is 1.88. The largest absolute Gasteiger partial charge is 0.130 e. The van der Waals surface area contributed by atoms with E-state index in [1.54, 1.807) is 0 Å². The van der Waals surface area contributed by atoms with Crippen LogP contribution in [0.1, 0.15) is 43.9 Å². The quantitative estimate of drug-likeness (QED) is 0.552. The van der Waals surface area contributed by atoms with Crippen LogP contribution in [-0.4, -0.2) is 6.71 Å². The molecule has 0 aromatic heterocycles. The van der Waals surface area contributed by atoms with Crippen LogP contribution < -0.4 is 0 Å². The van der Waals surface area contributed by atoms with Gasteiger partial charge in [0.25, 0.3) is 0 Å². The van der Waals surface area contributed by atoms with Gasteiger partial charge in [0.2, 0.25) is 0 Å². The van der Waals surface area contributed by atoms with Crippen LogP contribution in [0.3, 0.4) is 0 Å². The van der Waals surface area contributed by atoms with Crippen LogP contribution in [0.25, 0.3) is 5.57 Å². The highest BCUT2D eigenvalue weighted by atomic mass is 14.2. The second-order valence-electron chi connectivity index (χ2n) is 5.18. The molecule has 0 spiro atoms. The average Bonchev–Trinajstić information content (AvgIpc) is 2.73. The highest BCUT2D eigenvalue weighted by Crippen LogP contribution is 2.29. The van der Waals surface area contributed by atoms with Gasteiger partial charge >= 0.3 is 0 Å². The Hall–Kier alpha value is -0.975. The van der Waals surface area contributed by atoms with E-state index in [1.807, 2.05) is 13.8 Å². The fraction of sp³-hybridized carbons (Fsp3) is 0.529. The van der Waals surface area contributed by atoms with E-state index in [9.17, 15) is 0 Å². The van der Waals surface area contributed by atoms with Gasteiger partial charge in [-0.15, -0.1) is 0 Å². The minimum atomic E-state index is 0.833. The summed E-state index contributed by atoms with van der Waals surface area (Å²) in [4.78, 5) is 0. The van der Waals surface area contributed by atoms with Crippen LogP contribution >= 0.6 is 0 Å². The van der Waals surface area contributed by atoms with Crippen LogP contribution in [-0.2, 0) is 6.42 Å². The van der Waals surface area contributed by atoms with E-state index < -0.39 is 0 Å². The first kappa shape index (κ1) is 17.0. The summed E-state index contributed by atoms with van der Waals surface area (Å²) in [6, 6.07) is 6.76. The molecular formula is C17H29B. The normalized spacial score (nSPS) is 11.4. The monoisotopic (exact) mass is 244 g/mol. The maximum absolute atomic E-state index is 2.35. The van der Waals surface area contributed by atoms with Crippen molar-refractivity contribution in [3.05, 3.63) is 41.0 Å². The number of benzene rings is 1. The Morgan fingerprint density at radius 2 is 1.67 bits per heavy atom. The van der Waals surface area contributed by atoms with Gasteiger partial charge in [-0.1, -0.05) is 71.1 Å². The first-order valence-electron chi connectivity index (χ1n) is 7.33. The van der Waals surface area contributed by atoms with Crippen LogP contribution in [0, 0.1) is 6.92 Å². The summed E-state index contributed by atoms with van der Waals surface area (Å²) in [5.41, 5.74) is 5.87. The third kappa shape index (κ3) is 5.57. The first-order valence-corrected chi connectivity index (χ1v) is 7.33. The van der Waals surface area contributed by atoms with Crippen molar-refractivity contribution in [1.82, 2.24) is 0 Å². The van der Waals surface area contributed by atoms with Crippen molar-refractivity contribution in [2.24, 2.45) is 0 Å². The average molecular weight is 244 g/mol. The van der Waals surface area contributed by atoms with Gasteiger partial charge in [0.05, 0.1) is 0 Å². The van der Waals surface area contributed by atoms with Crippen molar-refractivity contribution in [2.45, 2.75) is 61.0 Å². The molecule has 1 heteroatoms. The predicted octanol–water partition coefficient (Wildman–Crippen LogP) is 5.74. The van der Waals surface area contributed by atoms with Crippen molar-refractivity contribution >= 4 is 12.3 Å². The Bertz CT molecular complexity index is 372. The molecule has 0 aliphatic heterocycles. The number of fused-ring (bicyclic) bond motifs is 1. The summed E-state index contributed by atoms with van der Waals surface area (Å²) in [6.45, 7) is 15.7. The van der Waals surface area contributed by atoms with Gasteiger partial charge in [-0.05, 0) is 36.5 Å². The van der Waals surface area contributed by atoms with Gasteiger partial charge < -0.3 is 0 Å². The van der Waals surface area contributed by atoms with Gasteiger partial charge in [-0.2, -0.15) is 0 Å². The highest BCUT2D eigenvalue weighted by molar-refractivity contribution is 6.54. The molecule has 0 heterocycles. The molecule has 0 radical (unpaired) electrons. The SMILES string of the molecule is CB(C)C.CC.CCC1=CCc2cc(C)ccc21. The first-order chi connectivity index (χ1) is 8.54. The molecule has 18 heavy (non-hydrogen) atoms. The topological polar surface area (TPSA) is 0 Å². The zero-order valence-corrected chi connectivity index (χ0v) is 13.3. The molecule has 0 bridgehead atoms. The summed E-state index contributed by atoms with van der Waals surface area (Å²) in [6.07, 6.45) is 4.65. The zero-order valence-electron chi connectivity index (χ0n) is 13.3. The summed E-state index contributed by atoms with van der Waals surface area (Å²) in [7, 11) is 0. The molecule has 0 atom stereocenters. The molecule has 0 fully saturated rings.